The van der Waals surface area contributed by atoms with Crippen molar-refractivity contribution in [3.05, 3.63) is 136 Å². The lowest BCUT2D eigenvalue weighted by Gasteiger charge is -2.37. The van der Waals surface area contributed by atoms with E-state index in [1.807, 2.05) is 102 Å². The van der Waals surface area contributed by atoms with Gasteiger partial charge in [-0.25, -0.2) is 0 Å². The van der Waals surface area contributed by atoms with E-state index >= 15 is 0 Å². The molecule has 310 valence electrons. The molecular formula is C48H57ClN4O5Si. The van der Waals surface area contributed by atoms with Crippen molar-refractivity contribution in [1.82, 2.24) is 14.4 Å². The Kier molecular flexibility index (Phi) is 12.8. The molecule has 11 heteroatoms. The summed E-state index contributed by atoms with van der Waals surface area (Å²) in [7, 11) is -0.136. The molecule has 2 aliphatic heterocycles. The summed E-state index contributed by atoms with van der Waals surface area (Å²) in [6.45, 7) is 18.6. The van der Waals surface area contributed by atoms with Crippen molar-refractivity contribution in [3.8, 4) is 17.0 Å². The van der Waals surface area contributed by atoms with E-state index in [9.17, 15) is 9.59 Å². The van der Waals surface area contributed by atoms with Gasteiger partial charge in [-0.3, -0.25) is 19.4 Å². The van der Waals surface area contributed by atoms with E-state index in [1.54, 1.807) is 11.0 Å². The van der Waals surface area contributed by atoms with Gasteiger partial charge in [0.1, 0.15) is 5.75 Å². The van der Waals surface area contributed by atoms with E-state index in [-0.39, 0.29) is 22.9 Å². The second kappa shape index (κ2) is 17.9. The molecule has 0 N–H and O–H groups in total. The Morgan fingerprint density at radius 3 is 2.22 bits per heavy atom. The quantitative estimate of drug-likeness (QED) is 0.0921. The van der Waals surface area contributed by atoms with Crippen LogP contribution in [-0.2, 0) is 29.5 Å². The van der Waals surface area contributed by atoms with Gasteiger partial charge in [-0.1, -0.05) is 74.8 Å². The number of nitrogens with zero attached hydrogens (tertiary/aromatic N) is 4. The SMILES string of the molecule is Cc1c(C(=O)N(c2ccccc2)c2ccc(O[Si](C)(C)C(C)(C)C)cc2)cc(-c2cc(Cl)ccc2C(=O)N2Cc3ccccc3C[C@H]2COCCN2CCOCC2)n1C. The van der Waals surface area contributed by atoms with Crippen LogP contribution < -0.4 is 9.33 Å². The van der Waals surface area contributed by atoms with Crippen LogP contribution in [0.5, 0.6) is 5.75 Å². The number of carbonyl (C=O) groups excluding carboxylic acids is 2. The molecule has 5 aromatic rings. The number of amides is 2. The number of aromatic nitrogens is 1. The number of anilines is 2. The van der Waals surface area contributed by atoms with E-state index < -0.39 is 8.32 Å². The van der Waals surface area contributed by atoms with Crippen molar-refractivity contribution in [2.24, 2.45) is 7.05 Å². The van der Waals surface area contributed by atoms with E-state index in [0.717, 1.165) is 66.9 Å². The van der Waals surface area contributed by atoms with Gasteiger partial charge >= 0.3 is 0 Å². The number of morpholine rings is 1. The average Bonchev–Trinajstić information content (AvgIpc) is 3.52. The molecule has 4 aromatic carbocycles. The largest absolute Gasteiger partial charge is 0.544 e. The van der Waals surface area contributed by atoms with Crippen LogP contribution in [0.25, 0.3) is 11.3 Å². The van der Waals surface area contributed by atoms with E-state index in [2.05, 4.69) is 57.0 Å². The minimum Gasteiger partial charge on any atom is -0.544 e. The van der Waals surface area contributed by atoms with E-state index in [0.29, 0.717) is 47.9 Å². The zero-order valence-electron chi connectivity index (χ0n) is 35.5. The third-order valence-electron chi connectivity index (χ3n) is 12.3. The first-order valence-electron chi connectivity index (χ1n) is 20.6. The van der Waals surface area contributed by atoms with E-state index in [4.69, 9.17) is 25.5 Å². The van der Waals surface area contributed by atoms with Gasteiger partial charge < -0.3 is 23.4 Å². The highest BCUT2D eigenvalue weighted by Gasteiger charge is 2.39. The van der Waals surface area contributed by atoms with Crippen molar-refractivity contribution in [3.63, 3.8) is 0 Å². The monoisotopic (exact) mass is 832 g/mol. The molecule has 0 spiro atoms. The fraction of sp³-hybridized carbons (Fsp3) is 0.375. The lowest BCUT2D eigenvalue weighted by molar-refractivity contribution is 0.00743. The molecule has 1 aromatic heterocycles. The summed E-state index contributed by atoms with van der Waals surface area (Å²) in [5.41, 5.74) is 7.00. The number of ether oxygens (including phenoxy) is 2. The van der Waals surface area contributed by atoms with Gasteiger partial charge in [0, 0.05) is 72.1 Å². The summed E-state index contributed by atoms with van der Waals surface area (Å²) < 4.78 is 20.3. The van der Waals surface area contributed by atoms with Gasteiger partial charge in [0.25, 0.3) is 11.8 Å². The number of carbonyl (C=O) groups is 2. The number of hydrogen-bond acceptors (Lipinski definition) is 6. The Labute approximate surface area is 355 Å². The van der Waals surface area contributed by atoms with Gasteiger partial charge in [0.15, 0.2) is 0 Å². The van der Waals surface area contributed by atoms with Crippen molar-refractivity contribution in [2.75, 3.05) is 51.0 Å². The smallest absolute Gasteiger partial charge is 0.264 e. The number of fused-ring (bicyclic) bond motifs is 1. The normalized spacial score (nSPS) is 16.1. The van der Waals surface area contributed by atoms with Crippen LogP contribution in [0.4, 0.5) is 11.4 Å². The molecule has 3 heterocycles. The Morgan fingerprint density at radius 2 is 1.53 bits per heavy atom. The molecule has 1 fully saturated rings. The summed E-state index contributed by atoms with van der Waals surface area (Å²) in [6.07, 6.45) is 0.697. The first-order chi connectivity index (χ1) is 28.2. The lowest BCUT2D eigenvalue weighted by Crippen LogP contribution is -2.47. The maximum absolute atomic E-state index is 14.9. The molecule has 0 aliphatic carbocycles. The van der Waals surface area contributed by atoms with Crippen LogP contribution in [0, 0.1) is 6.92 Å². The van der Waals surface area contributed by atoms with Crippen LogP contribution in [0.2, 0.25) is 23.2 Å². The average molecular weight is 834 g/mol. The Morgan fingerprint density at radius 1 is 0.864 bits per heavy atom. The number of para-hydroxylation sites is 1. The summed E-state index contributed by atoms with van der Waals surface area (Å²) >= 11 is 6.70. The summed E-state index contributed by atoms with van der Waals surface area (Å²) in [5.74, 6) is 0.493. The first kappa shape index (κ1) is 42.4. The second-order valence-corrected chi connectivity index (χ2v) is 22.4. The van der Waals surface area contributed by atoms with Crippen LogP contribution in [0.15, 0.2) is 103 Å². The highest BCUT2D eigenvalue weighted by atomic mass is 35.5. The van der Waals surface area contributed by atoms with Crippen LogP contribution >= 0.6 is 11.6 Å². The molecule has 7 rings (SSSR count). The molecule has 1 saturated heterocycles. The summed E-state index contributed by atoms with van der Waals surface area (Å²) in [4.78, 5) is 35.8. The van der Waals surface area contributed by atoms with Crippen LogP contribution in [-0.4, -0.2) is 86.6 Å². The Bertz CT molecular complexity index is 2260. The zero-order valence-corrected chi connectivity index (χ0v) is 37.2. The molecule has 2 amide bonds. The van der Waals surface area contributed by atoms with Gasteiger partial charge in [-0.05, 0) is 103 Å². The topological polar surface area (TPSA) is 76.5 Å². The first-order valence-corrected chi connectivity index (χ1v) is 23.9. The van der Waals surface area contributed by atoms with Crippen LogP contribution in [0.1, 0.15) is 58.3 Å². The number of rotatable bonds is 12. The molecule has 1 atom stereocenters. The molecule has 59 heavy (non-hydrogen) atoms. The van der Waals surface area contributed by atoms with Gasteiger partial charge in [-0.15, -0.1) is 0 Å². The number of benzene rings is 4. The molecule has 0 radical (unpaired) electrons. The van der Waals surface area contributed by atoms with Crippen molar-refractivity contribution >= 4 is 43.1 Å². The van der Waals surface area contributed by atoms with E-state index in [1.165, 1.54) is 5.56 Å². The van der Waals surface area contributed by atoms with Crippen molar-refractivity contribution < 1.29 is 23.5 Å². The van der Waals surface area contributed by atoms with Crippen molar-refractivity contribution in [1.29, 1.82) is 0 Å². The fourth-order valence-corrected chi connectivity index (χ4v) is 8.85. The maximum Gasteiger partial charge on any atom is 0.264 e. The predicted molar refractivity (Wildman–Crippen MR) is 240 cm³/mol. The minimum atomic E-state index is -2.06. The van der Waals surface area contributed by atoms with Crippen LogP contribution in [0.3, 0.4) is 0 Å². The molecular weight excluding hydrogens is 776 g/mol. The highest BCUT2D eigenvalue weighted by molar-refractivity contribution is 6.74. The number of halogens is 1. The van der Waals surface area contributed by atoms with Gasteiger partial charge in [0.05, 0.1) is 38.0 Å². The lowest BCUT2D eigenvalue weighted by atomic mass is 9.93. The minimum absolute atomic E-state index is 0.0478. The molecule has 0 saturated carbocycles. The van der Waals surface area contributed by atoms with Gasteiger partial charge in [0.2, 0.25) is 8.32 Å². The van der Waals surface area contributed by atoms with Gasteiger partial charge in [-0.2, -0.15) is 0 Å². The maximum atomic E-state index is 14.9. The summed E-state index contributed by atoms with van der Waals surface area (Å²) in [6, 6.07) is 32.9. The molecule has 9 nitrogen and oxygen atoms in total. The third-order valence-corrected chi connectivity index (χ3v) is 16.9. The number of hydrogen-bond donors (Lipinski definition) is 0. The predicted octanol–water partition coefficient (Wildman–Crippen LogP) is 9.93. The Balaban J connectivity index is 1.19. The molecule has 2 aliphatic rings. The third kappa shape index (κ3) is 9.37. The molecule has 0 unspecified atom stereocenters. The molecule has 0 bridgehead atoms. The Hall–Kier alpha value is -4.71. The fourth-order valence-electron chi connectivity index (χ4n) is 7.65. The zero-order chi connectivity index (χ0) is 41.9. The standard InChI is InChI=1S/C48H57ClN4O5Si/c1-34-43(47(55)53(38-15-9-8-10-16-38)39-18-20-41(21-19-39)58-59(6,7)48(2,3)4)31-45(50(34)5)44-30-37(49)17-22-42(44)46(54)52-32-36-14-12-11-13-35(36)29-40(52)33-57-28-25-51-23-26-56-27-24-51/h8-22,30-31,40H,23-29,32-33H2,1-7H3/t40-/m0/s1. The summed E-state index contributed by atoms with van der Waals surface area (Å²) in [5, 5.41) is 0.549. The second-order valence-electron chi connectivity index (χ2n) is 17.2. The van der Waals surface area contributed by atoms with Crippen molar-refractivity contribution in [2.45, 2.75) is 64.8 Å². The highest BCUT2D eigenvalue weighted by Crippen LogP contribution is 2.39.